The van der Waals surface area contributed by atoms with Crippen LogP contribution in [-0.4, -0.2) is 66.8 Å². The Balaban J connectivity index is 1.68. The van der Waals surface area contributed by atoms with Crippen LogP contribution in [0.25, 0.3) is 22.9 Å². The smallest absolute Gasteiger partial charge is 0.375 e. The molecule has 15 heteroatoms. The average Bonchev–Trinajstić information content (AvgIpc) is 3.53. The van der Waals surface area contributed by atoms with Crippen molar-refractivity contribution in [1.29, 1.82) is 0 Å². The second-order valence-corrected chi connectivity index (χ2v) is 7.80. The molecule has 1 aromatic carbocycles. The predicted molar refractivity (Wildman–Crippen MR) is 117 cm³/mol. The highest BCUT2D eigenvalue weighted by Gasteiger charge is 2.59. The summed E-state index contributed by atoms with van der Waals surface area (Å²) in [5.41, 5.74) is -2.72. The molecule has 0 amide bonds. The molecule has 196 valence electrons. The molecule has 0 aliphatic carbocycles. The summed E-state index contributed by atoms with van der Waals surface area (Å²) in [5, 5.41) is 29.7. The van der Waals surface area contributed by atoms with E-state index in [1.807, 2.05) is 5.32 Å². The van der Waals surface area contributed by atoms with E-state index in [2.05, 4.69) is 25.0 Å². The van der Waals surface area contributed by atoms with Crippen LogP contribution in [0, 0.1) is 11.6 Å². The predicted octanol–water partition coefficient (Wildman–Crippen LogP) is 2.99. The van der Waals surface area contributed by atoms with Gasteiger partial charge < -0.3 is 24.8 Å². The van der Waals surface area contributed by atoms with Gasteiger partial charge in [0.25, 0.3) is 0 Å². The van der Waals surface area contributed by atoms with Crippen molar-refractivity contribution >= 4 is 5.82 Å². The Morgan fingerprint density at radius 3 is 2.54 bits per heavy atom. The van der Waals surface area contributed by atoms with Crippen LogP contribution in [0.4, 0.5) is 27.8 Å². The maximum atomic E-state index is 14.3. The lowest BCUT2D eigenvalue weighted by Crippen LogP contribution is -2.59. The van der Waals surface area contributed by atoms with Crippen molar-refractivity contribution in [3.63, 3.8) is 0 Å². The van der Waals surface area contributed by atoms with E-state index in [-0.39, 0.29) is 18.1 Å². The number of hydrogen-bond acceptors (Lipinski definition) is 9. The molecule has 0 aliphatic rings. The van der Waals surface area contributed by atoms with Gasteiger partial charge in [-0.25, -0.2) is 18.7 Å². The second-order valence-electron chi connectivity index (χ2n) is 7.80. The SMILES string of the molecule is COC(O)C(O)(CNc1nc(-c2cc(-c3ccon3)n(Cc3ccccc3F)n2)ncc1F)C(F)(F)F. The number of alkyl halides is 3. The van der Waals surface area contributed by atoms with Crippen LogP contribution in [0.15, 0.2) is 53.4 Å². The number of nitrogens with one attached hydrogen (secondary N) is 1. The second kappa shape index (κ2) is 10.2. The molecule has 3 N–H and O–H groups in total. The fraction of sp³-hybridized carbons (Fsp3) is 0.273. The summed E-state index contributed by atoms with van der Waals surface area (Å²) in [6, 6.07) is 8.97. The van der Waals surface area contributed by atoms with Crippen molar-refractivity contribution < 1.29 is 41.4 Å². The van der Waals surface area contributed by atoms with Gasteiger partial charge in [-0.05, 0) is 12.1 Å². The number of anilines is 1. The van der Waals surface area contributed by atoms with Gasteiger partial charge in [0.2, 0.25) is 5.60 Å². The van der Waals surface area contributed by atoms with Gasteiger partial charge in [0, 0.05) is 18.7 Å². The molecule has 0 fully saturated rings. The molecule has 0 bridgehead atoms. The number of hydrogen-bond donors (Lipinski definition) is 3. The van der Waals surface area contributed by atoms with Gasteiger partial charge >= 0.3 is 6.18 Å². The van der Waals surface area contributed by atoms with E-state index in [0.29, 0.717) is 23.1 Å². The quantitative estimate of drug-likeness (QED) is 0.223. The van der Waals surface area contributed by atoms with Crippen molar-refractivity contribution in [3.8, 4) is 22.9 Å². The summed E-state index contributed by atoms with van der Waals surface area (Å²) in [7, 11) is 0.759. The van der Waals surface area contributed by atoms with Crippen molar-refractivity contribution in [2.45, 2.75) is 24.6 Å². The zero-order valence-corrected chi connectivity index (χ0v) is 18.9. The van der Waals surface area contributed by atoms with Gasteiger partial charge in [-0.3, -0.25) is 4.68 Å². The molecule has 0 aliphatic heterocycles. The van der Waals surface area contributed by atoms with Gasteiger partial charge in [-0.1, -0.05) is 23.4 Å². The fourth-order valence-corrected chi connectivity index (χ4v) is 3.34. The van der Waals surface area contributed by atoms with Crippen LogP contribution in [0.2, 0.25) is 0 Å². The van der Waals surface area contributed by atoms with E-state index in [1.165, 1.54) is 35.2 Å². The molecular weight excluding hydrogens is 507 g/mol. The Kier molecular flexibility index (Phi) is 7.20. The normalized spacial score (nSPS) is 14.4. The van der Waals surface area contributed by atoms with Crippen LogP contribution in [0.3, 0.4) is 0 Å². The highest BCUT2D eigenvalue weighted by molar-refractivity contribution is 5.63. The highest BCUT2D eigenvalue weighted by Crippen LogP contribution is 2.34. The Morgan fingerprint density at radius 2 is 1.89 bits per heavy atom. The molecule has 37 heavy (non-hydrogen) atoms. The van der Waals surface area contributed by atoms with E-state index in [1.54, 1.807) is 12.1 Å². The molecule has 2 atom stereocenters. The lowest BCUT2D eigenvalue weighted by molar-refractivity contribution is -0.325. The largest absolute Gasteiger partial charge is 0.424 e. The Morgan fingerprint density at radius 1 is 1.14 bits per heavy atom. The molecule has 3 aromatic heterocycles. The monoisotopic (exact) mass is 526 g/mol. The molecule has 3 heterocycles. The first-order chi connectivity index (χ1) is 17.5. The van der Waals surface area contributed by atoms with Crippen LogP contribution >= 0.6 is 0 Å². The number of ether oxygens (including phenoxy) is 1. The first-order valence-electron chi connectivity index (χ1n) is 10.5. The number of rotatable bonds is 9. The minimum absolute atomic E-state index is 0.0330. The zero-order chi connectivity index (χ0) is 26.8. The topological polar surface area (TPSA) is 131 Å². The molecule has 2 unspecified atom stereocenters. The van der Waals surface area contributed by atoms with Gasteiger partial charge in [0.05, 0.1) is 25.0 Å². The molecular formula is C22H19F5N6O4. The Hall–Kier alpha value is -3.95. The van der Waals surface area contributed by atoms with Crippen molar-refractivity contribution in [2.75, 3.05) is 19.0 Å². The van der Waals surface area contributed by atoms with Gasteiger partial charge in [0.15, 0.2) is 23.7 Å². The maximum absolute atomic E-state index is 14.3. The van der Waals surface area contributed by atoms with E-state index in [0.717, 1.165) is 7.11 Å². The van der Waals surface area contributed by atoms with Crippen LogP contribution in [0.5, 0.6) is 0 Å². The van der Waals surface area contributed by atoms with E-state index >= 15 is 0 Å². The molecule has 4 rings (SSSR count). The molecule has 0 radical (unpaired) electrons. The molecule has 4 aromatic rings. The lowest BCUT2D eigenvalue weighted by atomic mass is 10.0. The highest BCUT2D eigenvalue weighted by atomic mass is 19.4. The first kappa shape index (κ1) is 26.1. The van der Waals surface area contributed by atoms with Gasteiger partial charge in [-0.2, -0.15) is 18.3 Å². The third kappa shape index (κ3) is 5.28. The minimum atomic E-state index is -5.33. The van der Waals surface area contributed by atoms with E-state index in [4.69, 9.17) is 4.52 Å². The summed E-state index contributed by atoms with van der Waals surface area (Å²) < 4.78 is 79.2. The van der Waals surface area contributed by atoms with Crippen molar-refractivity contribution in [3.05, 3.63) is 66.1 Å². The minimum Gasteiger partial charge on any atom is -0.375 e. The molecule has 0 spiro atoms. The number of aliphatic hydroxyl groups excluding tert-OH is 1. The summed E-state index contributed by atoms with van der Waals surface area (Å²) in [6.45, 7) is -1.43. The average molecular weight is 526 g/mol. The lowest BCUT2D eigenvalue weighted by Gasteiger charge is -2.33. The zero-order valence-electron chi connectivity index (χ0n) is 18.9. The van der Waals surface area contributed by atoms with Gasteiger partial charge in [0.1, 0.15) is 23.5 Å². The van der Waals surface area contributed by atoms with Gasteiger partial charge in [-0.15, -0.1) is 0 Å². The van der Waals surface area contributed by atoms with Crippen LogP contribution in [-0.2, 0) is 11.3 Å². The number of nitrogens with zero attached hydrogens (tertiary/aromatic N) is 5. The third-order valence-corrected chi connectivity index (χ3v) is 5.38. The summed E-state index contributed by atoms with van der Waals surface area (Å²) >= 11 is 0. The molecule has 0 saturated carbocycles. The number of benzene rings is 1. The summed E-state index contributed by atoms with van der Waals surface area (Å²) in [6.07, 6.45) is -6.00. The maximum Gasteiger partial charge on any atom is 0.424 e. The van der Waals surface area contributed by atoms with E-state index < -0.39 is 42.1 Å². The summed E-state index contributed by atoms with van der Waals surface area (Å²) in [4.78, 5) is 7.72. The Labute approximate surface area is 205 Å². The standard InChI is InChI=1S/C22H19F5N6O4/c1-36-20(34)21(35,22(25,26)27)11-29-18-14(24)9-28-19(30-18)16-8-17(15-6-7-37-32-15)33(31-16)10-12-4-2-3-5-13(12)23/h2-9,20,34-35H,10-11H2,1H3,(H,28,29,30). The third-order valence-electron chi connectivity index (χ3n) is 5.38. The van der Waals surface area contributed by atoms with E-state index in [9.17, 15) is 32.2 Å². The molecule has 0 saturated heterocycles. The van der Waals surface area contributed by atoms with Crippen LogP contribution in [0.1, 0.15) is 5.56 Å². The number of aliphatic hydroxyl groups is 2. The number of halogens is 5. The molecule has 10 nitrogen and oxygen atoms in total. The summed E-state index contributed by atoms with van der Waals surface area (Å²) in [5.74, 6) is -2.53. The fourth-order valence-electron chi connectivity index (χ4n) is 3.34. The van der Waals surface area contributed by atoms with Crippen LogP contribution < -0.4 is 5.32 Å². The number of aromatic nitrogens is 5. The van der Waals surface area contributed by atoms with Crippen molar-refractivity contribution in [2.24, 2.45) is 0 Å². The van der Waals surface area contributed by atoms with Crippen molar-refractivity contribution in [1.82, 2.24) is 24.9 Å². The Bertz CT molecular complexity index is 1360. The first-order valence-corrected chi connectivity index (χ1v) is 10.5. The number of methoxy groups -OCH3 is 1.